The van der Waals surface area contributed by atoms with E-state index in [4.69, 9.17) is 0 Å². The first-order valence-corrected chi connectivity index (χ1v) is 7.98. The zero-order valence-corrected chi connectivity index (χ0v) is 13.2. The molecule has 2 saturated heterocycles. The molecule has 2 aliphatic heterocycles. The van der Waals surface area contributed by atoms with E-state index in [0.717, 1.165) is 51.9 Å². The van der Waals surface area contributed by atoms with Crippen LogP contribution >= 0.6 is 0 Å². The van der Waals surface area contributed by atoms with Gasteiger partial charge < -0.3 is 9.80 Å². The van der Waals surface area contributed by atoms with Crippen LogP contribution in [0.15, 0.2) is 0 Å². The molecule has 2 heterocycles. The van der Waals surface area contributed by atoms with Gasteiger partial charge >= 0.3 is 0 Å². The summed E-state index contributed by atoms with van der Waals surface area (Å²) in [4.78, 5) is 28.6. The van der Waals surface area contributed by atoms with Crippen molar-refractivity contribution in [2.45, 2.75) is 52.9 Å². The Balaban J connectivity index is 1.84. The second kappa shape index (κ2) is 6.15. The summed E-state index contributed by atoms with van der Waals surface area (Å²) in [5.41, 5.74) is -0.316. The summed E-state index contributed by atoms with van der Waals surface area (Å²) in [5.74, 6) is 0.672. The van der Waals surface area contributed by atoms with Crippen LogP contribution in [0.4, 0.5) is 0 Å². The summed E-state index contributed by atoms with van der Waals surface area (Å²) >= 11 is 0. The Kier molecular flexibility index (Phi) is 4.71. The molecule has 0 atom stereocenters. The molecule has 114 valence electrons. The van der Waals surface area contributed by atoms with Gasteiger partial charge in [-0.05, 0) is 32.1 Å². The molecule has 0 bridgehead atoms. The molecule has 0 radical (unpaired) electrons. The fourth-order valence-corrected chi connectivity index (χ4v) is 3.18. The van der Waals surface area contributed by atoms with Crippen LogP contribution < -0.4 is 0 Å². The Morgan fingerprint density at radius 1 is 0.850 bits per heavy atom. The molecule has 4 nitrogen and oxygen atoms in total. The molecule has 0 aromatic heterocycles. The number of piperidine rings is 2. The van der Waals surface area contributed by atoms with Crippen LogP contribution in [0.2, 0.25) is 0 Å². The van der Waals surface area contributed by atoms with Crippen LogP contribution in [0.25, 0.3) is 0 Å². The Morgan fingerprint density at radius 3 is 1.90 bits per heavy atom. The van der Waals surface area contributed by atoms with Gasteiger partial charge in [0.05, 0.1) is 0 Å². The molecule has 0 aromatic rings. The SMILES string of the molecule is CC(C)(C)C(=O)N1CCC(C(=O)N2CCCCC2)CC1. The summed E-state index contributed by atoms with van der Waals surface area (Å²) in [7, 11) is 0. The molecule has 0 aromatic carbocycles. The van der Waals surface area contributed by atoms with Gasteiger partial charge in [-0.1, -0.05) is 20.8 Å². The van der Waals surface area contributed by atoms with Crippen molar-refractivity contribution in [2.75, 3.05) is 26.2 Å². The van der Waals surface area contributed by atoms with Gasteiger partial charge in [-0.2, -0.15) is 0 Å². The molecule has 2 amide bonds. The predicted octanol–water partition coefficient (Wildman–Crippen LogP) is 2.28. The van der Waals surface area contributed by atoms with Crippen LogP contribution in [0.5, 0.6) is 0 Å². The van der Waals surface area contributed by atoms with E-state index < -0.39 is 0 Å². The topological polar surface area (TPSA) is 40.6 Å². The summed E-state index contributed by atoms with van der Waals surface area (Å²) in [5, 5.41) is 0. The maximum atomic E-state index is 12.4. The summed E-state index contributed by atoms with van der Waals surface area (Å²) in [6, 6.07) is 0. The van der Waals surface area contributed by atoms with E-state index in [9.17, 15) is 9.59 Å². The highest BCUT2D eigenvalue weighted by Gasteiger charge is 2.33. The third kappa shape index (κ3) is 3.53. The van der Waals surface area contributed by atoms with E-state index in [1.54, 1.807) is 0 Å². The summed E-state index contributed by atoms with van der Waals surface area (Å²) in [6.07, 6.45) is 5.21. The Bertz CT molecular complexity index is 359. The molecule has 0 spiro atoms. The maximum Gasteiger partial charge on any atom is 0.227 e. The number of likely N-dealkylation sites (tertiary alicyclic amines) is 2. The van der Waals surface area contributed by atoms with Crippen LogP contribution in [-0.4, -0.2) is 47.8 Å². The normalized spacial score (nSPS) is 21.9. The molecule has 0 unspecified atom stereocenters. The summed E-state index contributed by atoms with van der Waals surface area (Å²) in [6.45, 7) is 9.21. The quantitative estimate of drug-likeness (QED) is 0.739. The standard InChI is InChI=1S/C16H28N2O2/c1-16(2,3)15(20)18-11-7-13(8-12-18)14(19)17-9-5-4-6-10-17/h13H,4-12H2,1-3H3. The third-order valence-corrected chi connectivity index (χ3v) is 4.44. The lowest BCUT2D eigenvalue weighted by molar-refractivity contribution is -0.145. The van der Waals surface area contributed by atoms with Gasteiger partial charge in [-0.25, -0.2) is 0 Å². The molecule has 2 fully saturated rings. The number of hydrogen-bond donors (Lipinski definition) is 0. The van der Waals surface area contributed by atoms with Crippen molar-refractivity contribution < 1.29 is 9.59 Å². The second-order valence-corrected chi connectivity index (χ2v) is 7.20. The zero-order chi connectivity index (χ0) is 14.8. The molecule has 2 rings (SSSR count). The Hall–Kier alpha value is -1.06. The van der Waals surface area contributed by atoms with Gasteiger partial charge in [0, 0.05) is 37.5 Å². The van der Waals surface area contributed by atoms with E-state index >= 15 is 0 Å². The molecule has 4 heteroatoms. The van der Waals surface area contributed by atoms with Crippen LogP contribution in [0.1, 0.15) is 52.9 Å². The Labute approximate surface area is 122 Å². The molecular formula is C16H28N2O2. The number of carbonyl (C=O) groups is 2. The number of hydrogen-bond acceptors (Lipinski definition) is 2. The highest BCUT2D eigenvalue weighted by Crippen LogP contribution is 2.25. The van der Waals surface area contributed by atoms with E-state index in [1.165, 1.54) is 6.42 Å². The predicted molar refractivity (Wildman–Crippen MR) is 79.2 cm³/mol. The molecule has 0 saturated carbocycles. The van der Waals surface area contributed by atoms with Gasteiger partial charge in [0.1, 0.15) is 0 Å². The molecule has 0 N–H and O–H groups in total. The maximum absolute atomic E-state index is 12.4. The summed E-state index contributed by atoms with van der Waals surface area (Å²) < 4.78 is 0. The van der Waals surface area contributed by atoms with Crippen molar-refractivity contribution in [3.05, 3.63) is 0 Å². The monoisotopic (exact) mass is 280 g/mol. The minimum Gasteiger partial charge on any atom is -0.342 e. The Morgan fingerprint density at radius 2 is 1.40 bits per heavy atom. The molecule has 2 aliphatic rings. The van der Waals surface area contributed by atoms with Crippen LogP contribution in [-0.2, 0) is 9.59 Å². The zero-order valence-electron chi connectivity index (χ0n) is 13.2. The molecular weight excluding hydrogens is 252 g/mol. The van der Waals surface area contributed by atoms with Gasteiger partial charge in [-0.15, -0.1) is 0 Å². The van der Waals surface area contributed by atoms with Gasteiger partial charge in [0.15, 0.2) is 0 Å². The van der Waals surface area contributed by atoms with E-state index in [2.05, 4.69) is 0 Å². The highest BCUT2D eigenvalue weighted by molar-refractivity contribution is 5.82. The van der Waals surface area contributed by atoms with E-state index in [-0.39, 0.29) is 17.2 Å². The first-order chi connectivity index (χ1) is 9.39. The first-order valence-electron chi connectivity index (χ1n) is 7.98. The van der Waals surface area contributed by atoms with Crippen molar-refractivity contribution >= 4 is 11.8 Å². The smallest absolute Gasteiger partial charge is 0.227 e. The minimum absolute atomic E-state index is 0.136. The lowest BCUT2D eigenvalue weighted by atomic mass is 9.90. The van der Waals surface area contributed by atoms with Gasteiger partial charge in [0.25, 0.3) is 0 Å². The van der Waals surface area contributed by atoms with Crippen molar-refractivity contribution in [1.29, 1.82) is 0 Å². The fourth-order valence-electron chi connectivity index (χ4n) is 3.18. The van der Waals surface area contributed by atoms with Crippen LogP contribution in [0.3, 0.4) is 0 Å². The van der Waals surface area contributed by atoms with Crippen molar-refractivity contribution in [2.24, 2.45) is 11.3 Å². The highest BCUT2D eigenvalue weighted by atomic mass is 16.2. The number of carbonyl (C=O) groups excluding carboxylic acids is 2. The van der Waals surface area contributed by atoms with E-state index in [0.29, 0.717) is 5.91 Å². The average molecular weight is 280 g/mol. The first kappa shape index (κ1) is 15.3. The number of amides is 2. The molecule has 20 heavy (non-hydrogen) atoms. The average Bonchev–Trinajstić information content (AvgIpc) is 2.46. The largest absolute Gasteiger partial charge is 0.342 e. The lowest BCUT2D eigenvalue weighted by Gasteiger charge is -2.37. The minimum atomic E-state index is -0.316. The van der Waals surface area contributed by atoms with Crippen molar-refractivity contribution in [1.82, 2.24) is 9.80 Å². The van der Waals surface area contributed by atoms with Crippen molar-refractivity contribution in [3.63, 3.8) is 0 Å². The molecule has 0 aliphatic carbocycles. The van der Waals surface area contributed by atoms with Crippen LogP contribution in [0, 0.1) is 11.3 Å². The third-order valence-electron chi connectivity index (χ3n) is 4.44. The number of nitrogens with zero attached hydrogens (tertiary/aromatic N) is 2. The second-order valence-electron chi connectivity index (χ2n) is 7.20. The van der Waals surface area contributed by atoms with Gasteiger partial charge in [-0.3, -0.25) is 9.59 Å². The van der Waals surface area contributed by atoms with Crippen molar-refractivity contribution in [3.8, 4) is 0 Å². The number of rotatable bonds is 1. The lowest BCUT2D eigenvalue weighted by Crippen LogP contribution is -2.48. The fraction of sp³-hybridized carbons (Fsp3) is 0.875. The van der Waals surface area contributed by atoms with Gasteiger partial charge in [0.2, 0.25) is 11.8 Å². The van der Waals surface area contributed by atoms with E-state index in [1.807, 2.05) is 30.6 Å².